The van der Waals surface area contributed by atoms with E-state index in [2.05, 4.69) is 4.90 Å². The number of benzene rings is 2. The SMILES string of the molecule is C.Cc1cc(C)c(C[C@@H](C(=O)O)N2CCN(C(=O)[C@@H]3CN(C4CCOCC4)C[C@H]3c3ccc(F)cc3F)[C@@H](C)C2)c(F)c1. The van der Waals surface area contributed by atoms with Gasteiger partial charge in [0.05, 0.1) is 5.92 Å². The second kappa shape index (κ2) is 13.8. The molecule has 0 saturated carbocycles. The van der Waals surface area contributed by atoms with Crippen LogP contribution in [0.1, 0.15) is 55.4 Å². The van der Waals surface area contributed by atoms with Crippen LogP contribution in [-0.4, -0.2) is 95.7 Å². The van der Waals surface area contributed by atoms with E-state index in [-0.39, 0.29) is 31.8 Å². The predicted octanol–water partition coefficient (Wildman–Crippen LogP) is 4.78. The maximum atomic E-state index is 15.0. The van der Waals surface area contributed by atoms with Gasteiger partial charge in [0.25, 0.3) is 0 Å². The monoisotopic (exact) mass is 603 g/mol. The van der Waals surface area contributed by atoms with Crippen molar-refractivity contribution in [3.63, 3.8) is 0 Å². The van der Waals surface area contributed by atoms with Crippen LogP contribution in [0.5, 0.6) is 0 Å². The molecule has 0 unspecified atom stereocenters. The maximum absolute atomic E-state index is 15.0. The minimum atomic E-state index is -1.03. The molecule has 0 aliphatic carbocycles. The van der Waals surface area contributed by atoms with Gasteiger partial charge in [0.1, 0.15) is 23.5 Å². The number of halogens is 3. The van der Waals surface area contributed by atoms with E-state index in [9.17, 15) is 23.5 Å². The zero-order valence-corrected chi connectivity index (χ0v) is 24.5. The molecule has 43 heavy (non-hydrogen) atoms. The maximum Gasteiger partial charge on any atom is 0.321 e. The summed E-state index contributed by atoms with van der Waals surface area (Å²) < 4.78 is 49.1. The van der Waals surface area contributed by atoms with Crippen molar-refractivity contribution in [2.24, 2.45) is 5.92 Å². The van der Waals surface area contributed by atoms with Crippen LogP contribution in [0, 0.1) is 37.2 Å². The first-order valence-electron chi connectivity index (χ1n) is 14.8. The lowest BCUT2D eigenvalue weighted by Crippen LogP contribution is -2.59. The van der Waals surface area contributed by atoms with E-state index in [4.69, 9.17) is 4.74 Å². The molecule has 236 valence electrons. The van der Waals surface area contributed by atoms with Crippen molar-refractivity contribution < 1.29 is 32.6 Å². The lowest BCUT2D eigenvalue weighted by atomic mass is 9.87. The van der Waals surface area contributed by atoms with E-state index in [0.29, 0.717) is 57.1 Å². The molecule has 0 aromatic heterocycles. The summed E-state index contributed by atoms with van der Waals surface area (Å²) in [6, 6.07) is 5.84. The van der Waals surface area contributed by atoms with Gasteiger partial charge in [0.2, 0.25) is 5.91 Å². The van der Waals surface area contributed by atoms with Crippen molar-refractivity contribution in [2.75, 3.05) is 45.9 Å². The molecule has 3 aliphatic heterocycles. The Bertz CT molecular complexity index is 1300. The Morgan fingerprint density at radius 3 is 2.35 bits per heavy atom. The molecule has 3 aliphatic rings. The summed E-state index contributed by atoms with van der Waals surface area (Å²) in [5, 5.41) is 10.1. The van der Waals surface area contributed by atoms with Gasteiger partial charge in [-0.2, -0.15) is 0 Å². The summed E-state index contributed by atoms with van der Waals surface area (Å²) in [6.45, 7) is 8.69. The molecule has 0 bridgehead atoms. The van der Waals surface area contributed by atoms with Crippen LogP contribution in [-0.2, 0) is 20.7 Å². The zero-order chi connectivity index (χ0) is 30.1. The number of aryl methyl sites for hydroxylation is 2. The van der Waals surface area contributed by atoms with E-state index in [1.54, 1.807) is 18.7 Å². The topological polar surface area (TPSA) is 73.3 Å². The number of aliphatic carboxylic acids is 1. The summed E-state index contributed by atoms with van der Waals surface area (Å²) >= 11 is 0. The average Bonchev–Trinajstić information content (AvgIpc) is 3.38. The molecule has 7 nitrogen and oxygen atoms in total. The third-order valence-corrected chi connectivity index (χ3v) is 9.36. The number of carboxylic acid groups (broad SMARTS) is 1. The van der Waals surface area contributed by atoms with Crippen molar-refractivity contribution in [3.8, 4) is 0 Å². The number of amides is 1. The smallest absolute Gasteiger partial charge is 0.321 e. The standard InChI is InChI=1S/C32H40F3N3O4.CH4/c1-19-12-20(2)25(28(34)13-19)15-30(32(40)41)36-8-9-38(21(3)16-36)31(39)27-18-37(23-6-10-42-11-7-23)17-26(27)24-5-4-22(33)14-29(24)35;/h4-5,12-14,21,23,26-27,30H,6-11,15-18H2,1-3H3,(H,40,41);1H4/t21-,26-,27+,30-;/m0./s1. The number of rotatable bonds is 7. The summed E-state index contributed by atoms with van der Waals surface area (Å²) in [5.74, 6) is -3.78. The van der Waals surface area contributed by atoms with E-state index in [1.165, 1.54) is 18.2 Å². The molecular weight excluding hydrogens is 559 g/mol. The van der Waals surface area contributed by atoms with Gasteiger partial charge in [-0.1, -0.05) is 19.6 Å². The highest BCUT2D eigenvalue weighted by atomic mass is 19.1. The Kier molecular flexibility index (Phi) is 10.6. The predicted molar refractivity (Wildman–Crippen MR) is 158 cm³/mol. The molecule has 3 heterocycles. The van der Waals surface area contributed by atoms with Crippen LogP contribution in [0.4, 0.5) is 13.2 Å². The van der Waals surface area contributed by atoms with Gasteiger partial charge < -0.3 is 14.7 Å². The van der Waals surface area contributed by atoms with Gasteiger partial charge in [0.15, 0.2) is 0 Å². The number of hydrogen-bond donors (Lipinski definition) is 1. The van der Waals surface area contributed by atoms with Crippen LogP contribution in [0.15, 0.2) is 30.3 Å². The second-order valence-corrected chi connectivity index (χ2v) is 12.2. The van der Waals surface area contributed by atoms with Crippen molar-refractivity contribution in [3.05, 3.63) is 70.0 Å². The van der Waals surface area contributed by atoms with Gasteiger partial charge in [-0.25, -0.2) is 13.2 Å². The van der Waals surface area contributed by atoms with Crippen LogP contribution < -0.4 is 0 Å². The van der Waals surface area contributed by atoms with Gasteiger partial charge in [0, 0.05) is 76.4 Å². The molecule has 3 fully saturated rings. The Morgan fingerprint density at radius 2 is 1.72 bits per heavy atom. The molecule has 0 spiro atoms. The third-order valence-electron chi connectivity index (χ3n) is 9.36. The first-order valence-corrected chi connectivity index (χ1v) is 14.8. The quantitative estimate of drug-likeness (QED) is 0.491. The zero-order valence-electron chi connectivity index (χ0n) is 24.5. The first kappa shape index (κ1) is 33.0. The molecule has 1 N–H and O–H groups in total. The normalized spacial score (nSPS) is 24.5. The first-order chi connectivity index (χ1) is 20.0. The summed E-state index contributed by atoms with van der Waals surface area (Å²) in [7, 11) is 0. The molecule has 2 aromatic rings. The van der Waals surface area contributed by atoms with Gasteiger partial charge in [-0.05, 0) is 68.0 Å². The fourth-order valence-corrected chi connectivity index (χ4v) is 7.13. The molecule has 5 rings (SSSR count). The Labute approximate surface area is 252 Å². The minimum absolute atomic E-state index is 0. The number of piperazine rings is 1. The summed E-state index contributed by atoms with van der Waals surface area (Å²) in [4.78, 5) is 32.3. The molecule has 10 heteroatoms. The number of ether oxygens (including phenoxy) is 1. The largest absolute Gasteiger partial charge is 0.480 e. The van der Waals surface area contributed by atoms with Crippen molar-refractivity contribution in [1.29, 1.82) is 0 Å². The molecule has 3 saturated heterocycles. The van der Waals surface area contributed by atoms with Crippen LogP contribution >= 0.6 is 0 Å². The van der Waals surface area contributed by atoms with Crippen LogP contribution in [0.2, 0.25) is 0 Å². The van der Waals surface area contributed by atoms with Crippen molar-refractivity contribution in [2.45, 2.75) is 71.5 Å². The van der Waals surface area contributed by atoms with Crippen LogP contribution in [0.3, 0.4) is 0 Å². The van der Waals surface area contributed by atoms with Gasteiger partial charge >= 0.3 is 5.97 Å². The fraction of sp³-hybridized carbons (Fsp3) is 0.576. The van der Waals surface area contributed by atoms with E-state index in [1.807, 2.05) is 17.9 Å². The summed E-state index contributed by atoms with van der Waals surface area (Å²) in [5.41, 5.74) is 2.23. The lowest BCUT2D eigenvalue weighted by molar-refractivity contribution is -0.147. The van der Waals surface area contributed by atoms with Gasteiger partial charge in [-0.15, -0.1) is 0 Å². The van der Waals surface area contributed by atoms with Crippen molar-refractivity contribution in [1.82, 2.24) is 14.7 Å². The number of hydrogen-bond acceptors (Lipinski definition) is 5. The fourth-order valence-electron chi connectivity index (χ4n) is 7.13. The summed E-state index contributed by atoms with van der Waals surface area (Å²) in [6.07, 6.45) is 1.71. The van der Waals surface area contributed by atoms with E-state index < -0.39 is 41.3 Å². The highest BCUT2D eigenvalue weighted by Gasteiger charge is 2.45. The number of carbonyl (C=O) groups excluding carboxylic acids is 1. The van der Waals surface area contributed by atoms with E-state index in [0.717, 1.165) is 30.0 Å². The number of carbonyl (C=O) groups is 2. The van der Waals surface area contributed by atoms with Crippen molar-refractivity contribution >= 4 is 11.9 Å². The van der Waals surface area contributed by atoms with Crippen LogP contribution in [0.25, 0.3) is 0 Å². The van der Waals surface area contributed by atoms with Gasteiger partial charge in [-0.3, -0.25) is 19.4 Å². The highest BCUT2D eigenvalue weighted by molar-refractivity contribution is 5.81. The Hall–Kier alpha value is -2.95. The number of nitrogens with zero attached hydrogens (tertiary/aromatic N) is 3. The molecule has 2 aromatic carbocycles. The molecular formula is C33H44F3N3O4. The van der Waals surface area contributed by atoms with E-state index >= 15 is 4.39 Å². The average molecular weight is 604 g/mol. The highest BCUT2D eigenvalue weighted by Crippen LogP contribution is 2.38. The number of carboxylic acids is 1. The molecule has 1 amide bonds. The Balaban J connectivity index is 0.00000423. The molecule has 0 radical (unpaired) electrons. The molecule has 4 atom stereocenters. The third kappa shape index (κ3) is 7.07. The number of likely N-dealkylation sites (tertiary alicyclic amines) is 1. The lowest BCUT2D eigenvalue weighted by Gasteiger charge is -2.43. The minimum Gasteiger partial charge on any atom is -0.480 e. The second-order valence-electron chi connectivity index (χ2n) is 12.2. The Morgan fingerprint density at radius 1 is 1.00 bits per heavy atom.